The van der Waals surface area contributed by atoms with Crippen LogP contribution >= 0.6 is 0 Å². The second-order valence-electron chi connectivity index (χ2n) is 4.54. The molecule has 114 valence electrons. The molecule has 2 aromatic rings. The number of aromatic nitrogens is 3. The third-order valence-electron chi connectivity index (χ3n) is 2.96. The van der Waals surface area contributed by atoms with Crippen molar-refractivity contribution in [2.45, 2.75) is 24.3 Å². The van der Waals surface area contributed by atoms with E-state index in [-0.39, 0.29) is 11.5 Å². The molecular weight excluding hydrogens is 292 g/mol. The van der Waals surface area contributed by atoms with Gasteiger partial charge in [0.1, 0.15) is 0 Å². The molecule has 0 spiro atoms. The standard InChI is InChI=1S/C13H18N4O3S/c18-11-6-12-2-4-13(5-3-12)21(19,20)15-7-1-9-17-10-8-14-16-17/h2-5,8,10,15,18H,1,6-7,9,11H2. The summed E-state index contributed by atoms with van der Waals surface area (Å²) in [6.07, 6.45) is 4.46. The van der Waals surface area contributed by atoms with Crippen molar-refractivity contribution in [2.24, 2.45) is 0 Å². The van der Waals surface area contributed by atoms with Gasteiger partial charge in [-0.1, -0.05) is 17.3 Å². The van der Waals surface area contributed by atoms with Gasteiger partial charge in [-0.3, -0.25) is 4.68 Å². The van der Waals surface area contributed by atoms with Crippen LogP contribution in [0.1, 0.15) is 12.0 Å². The largest absolute Gasteiger partial charge is 0.396 e. The normalized spacial score (nSPS) is 11.7. The van der Waals surface area contributed by atoms with E-state index in [4.69, 9.17) is 5.11 Å². The van der Waals surface area contributed by atoms with Crippen LogP contribution < -0.4 is 4.72 Å². The van der Waals surface area contributed by atoms with Crippen molar-refractivity contribution in [3.63, 3.8) is 0 Å². The molecule has 0 aliphatic carbocycles. The molecule has 0 unspecified atom stereocenters. The van der Waals surface area contributed by atoms with Gasteiger partial charge < -0.3 is 5.11 Å². The van der Waals surface area contributed by atoms with Crippen LogP contribution in [0.2, 0.25) is 0 Å². The zero-order valence-electron chi connectivity index (χ0n) is 11.5. The summed E-state index contributed by atoms with van der Waals surface area (Å²) in [5, 5.41) is 16.3. The monoisotopic (exact) mass is 310 g/mol. The zero-order valence-corrected chi connectivity index (χ0v) is 12.3. The number of hydrogen-bond acceptors (Lipinski definition) is 5. The predicted molar refractivity (Wildman–Crippen MR) is 77.1 cm³/mol. The van der Waals surface area contributed by atoms with Crippen LogP contribution in [0.25, 0.3) is 0 Å². The van der Waals surface area contributed by atoms with Crippen LogP contribution in [-0.2, 0) is 23.0 Å². The lowest BCUT2D eigenvalue weighted by Crippen LogP contribution is -2.25. The average Bonchev–Trinajstić information content (AvgIpc) is 2.98. The fourth-order valence-corrected chi connectivity index (χ4v) is 2.92. The molecule has 1 aromatic heterocycles. The Morgan fingerprint density at radius 3 is 2.62 bits per heavy atom. The van der Waals surface area contributed by atoms with E-state index in [9.17, 15) is 8.42 Å². The first-order valence-electron chi connectivity index (χ1n) is 6.65. The topological polar surface area (TPSA) is 97.1 Å². The number of nitrogens with one attached hydrogen (secondary N) is 1. The summed E-state index contributed by atoms with van der Waals surface area (Å²) >= 11 is 0. The molecule has 2 rings (SSSR count). The Morgan fingerprint density at radius 1 is 1.24 bits per heavy atom. The summed E-state index contributed by atoms with van der Waals surface area (Å²) in [5.41, 5.74) is 0.905. The first-order valence-corrected chi connectivity index (χ1v) is 8.14. The summed E-state index contributed by atoms with van der Waals surface area (Å²) in [7, 11) is -3.49. The van der Waals surface area contributed by atoms with Crippen LogP contribution in [0.5, 0.6) is 0 Å². The molecule has 7 nitrogen and oxygen atoms in total. The predicted octanol–water partition coefficient (Wildman–Crippen LogP) is 0.181. The van der Waals surface area contributed by atoms with Gasteiger partial charge in [0.05, 0.1) is 11.1 Å². The lowest BCUT2D eigenvalue weighted by Gasteiger charge is -2.07. The summed E-state index contributed by atoms with van der Waals surface area (Å²) in [4.78, 5) is 0.227. The maximum atomic E-state index is 12.1. The number of rotatable bonds is 8. The van der Waals surface area contributed by atoms with Crippen molar-refractivity contribution in [3.05, 3.63) is 42.2 Å². The van der Waals surface area contributed by atoms with E-state index in [1.165, 1.54) is 0 Å². The van der Waals surface area contributed by atoms with Gasteiger partial charge in [-0.2, -0.15) is 0 Å². The fourth-order valence-electron chi connectivity index (χ4n) is 1.85. The first kappa shape index (κ1) is 15.6. The third-order valence-corrected chi connectivity index (χ3v) is 4.44. The molecule has 1 aromatic carbocycles. The molecule has 0 fully saturated rings. The van der Waals surface area contributed by atoms with Gasteiger partial charge >= 0.3 is 0 Å². The van der Waals surface area contributed by atoms with Crippen molar-refractivity contribution in [2.75, 3.05) is 13.2 Å². The van der Waals surface area contributed by atoms with E-state index in [2.05, 4.69) is 15.0 Å². The van der Waals surface area contributed by atoms with Gasteiger partial charge in [0.15, 0.2) is 0 Å². The highest BCUT2D eigenvalue weighted by atomic mass is 32.2. The molecular formula is C13H18N4O3S. The summed E-state index contributed by atoms with van der Waals surface area (Å²) in [6.45, 7) is 0.991. The minimum Gasteiger partial charge on any atom is -0.396 e. The number of benzene rings is 1. The van der Waals surface area contributed by atoms with E-state index in [1.54, 1.807) is 41.3 Å². The number of aliphatic hydroxyl groups excluding tert-OH is 1. The highest BCUT2D eigenvalue weighted by molar-refractivity contribution is 7.89. The van der Waals surface area contributed by atoms with E-state index < -0.39 is 10.0 Å². The molecule has 2 N–H and O–H groups in total. The molecule has 0 amide bonds. The Kier molecular flexibility index (Phi) is 5.43. The molecule has 0 saturated heterocycles. The average molecular weight is 310 g/mol. The quantitative estimate of drug-likeness (QED) is 0.678. The van der Waals surface area contributed by atoms with Crippen molar-refractivity contribution >= 4 is 10.0 Å². The minimum atomic E-state index is -3.49. The van der Waals surface area contributed by atoms with Crippen molar-refractivity contribution < 1.29 is 13.5 Å². The van der Waals surface area contributed by atoms with Crippen LogP contribution in [0.3, 0.4) is 0 Å². The Morgan fingerprint density at radius 2 is 2.00 bits per heavy atom. The number of sulfonamides is 1. The maximum absolute atomic E-state index is 12.1. The van der Waals surface area contributed by atoms with Crippen molar-refractivity contribution in [1.29, 1.82) is 0 Å². The molecule has 0 bridgehead atoms. The van der Waals surface area contributed by atoms with E-state index >= 15 is 0 Å². The Labute approximate surface area is 123 Å². The SMILES string of the molecule is O=S(=O)(NCCCn1ccnn1)c1ccc(CCO)cc1. The van der Waals surface area contributed by atoms with Crippen molar-refractivity contribution in [3.8, 4) is 0 Å². The number of aliphatic hydroxyl groups is 1. The molecule has 0 atom stereocenters. The molecule has 0 saturated carbocycles. The van der Waals surface area contributed by atoms with E-state index in [0.29, 0.717) is 25.9 Å². The van der Waals surface area contributed by atoms with Crippen LogP contribution in [-0.4, -0.2) is 41.7 Å². The van der Waals surface area contributed by atoms with Crippen molar-refractivity contribution in [1.82, 2.24) is 19.7 Å². The van der Waals surface area contributed by atoms with Gasteiger partial charge in [0, 0.05) is 25.9 Å². The minimum absolute atomic E-state index is 0.0482. The summed E-state index contributed by atoms with van der Waals surface area (Å²) in [5.74, 6) is 0. The number of nitrogens with zero attached hydrogens (tertiary/aromatic N) is 3. The third kappa shape index (κ3) is 4.62. The van der Waals surface area contributed by atoms with Gasteiger partial charge in [-0.05, 0) is 30.5 Å². The first-order chi connectivity index (χ1) is 10.1. The second kappa shape index (κ2) is 7.30. The molecule has 8 heteroatoms. The Hall–Kier alpha value is -1.77. The van der Waals surface area contributed by atoms with Crippen LogP contribution in [0.4, 0.5) is 0 Å². The smallest absolute Gasteiger partial charge is 0.240 e. The van der Waals surface area contributed by atoms with Gasteiger partial charge in [0.2, 0.25) is 10.0 Å². The van der Waals surface area contributed by atoms with Gasteiger partial charge in [-0.15, -0.1) is 5.10 Å². The van der Waals surface area contributed by atoms with E-state index in [0.717, 1.165) is 5.56 Å². The fraction of sp³-hybridized carbons (Fsp3) is 0.385. The zero-order chi connectivity index (χ0) is 15.1. The highest BCUT2D eigenvalue weighted by Gasteiger charge is 2.12. The summed E-state index contributed by atoms with van der Waals surface area (Å²) in [6, 6.07) is 6.51. The van der Waals surface area contributed by atoms with Gasteiger partial charge in [0.25, 0.3) is 0 Å². The Balaban J connectivity index is 1.85. The molecule has 0 aliphatic rings. The molecule has 21 heavy (non-hydrogen) atoms. The number of aryl methyl sites for hydroxylation is 1. The highest BCUT2D eigenvalue weighted by Crippen LogP contribution is 2.10. The summed E-state index contributed by atoms with van der Waals surface area (Å²) < 4.78 is 28.3. The molecule has 0 aliphatic heterocycles. The van der Waals surface area contributed by atoms with Gasteiger partial charge in [-0.25, -0.2) is 13.1 Å². The Bertz CT molecular complexity index is 639. The molecule has 1 heterocycles. The van der Waals surface area contributed by atoms with Crippen LogP contribution in [0.15, 0.2) is 41.6 Å². The lowest BCUT2D eigenvalue weighted by molar-refractivity contribution is 0.299. The maximum Gasteiger partial charge on any atom is 0.240 e. The molecule has 0 radical (unpaired) electrons. The van der Waals surface area contributed by atoms with E-state index in [1.807, 2.05) is 0 Å². The van der Waals surface area contributed by atoms with Crippen LogP contribution in [0, 0.1) is 0 Å². The lowest BCUT2D eigenvalue weighted by atomic mass is 10.2. The second-order valence-corrected chi connectivity index (χ2v) is 6.30. The number of hydrogen-bond donors (Lipinski definition) is 2.